The molecule has 0 radical (unpaired) electrons. The van der Waals surface area contributed by atoms with Gasteiger partial charge in [0.2, 0.25) is 0 Å². The van der Waals surface area contributed by atoms with Crippen molar-refractivity contribution in [1.82, 2.24) is 9.80 Å². The molecule has 2 heteroatoms. The van der Waals surface area contributed by atoms with Gasteiger partial charge < -0.3 is 4.90 Å². The van der Waals surface area contributed by atoms with Gasteiger partial charge in [-0.1, -0.05) is 18.6 Å². The predicted molar refractivity (Wildman–Crippen MR) is 74.3 cm³/mol. The van der Waals surface area contributed by atoms with Crippen molar-refractivity contribution in [3.05, 3.63) is 11.6 Å². The van der Waals surface area contributed by atoms with Crippen molar-refractivity contribution in [2.75, 3.05) is 33.2 Å². The van der Waals surface area contributed by atoms with Crippen molar-refractivity contribution in [1.29, 1.82) is 0 Å². The highest BCUT2D eigenvalue weighted by Gasteiger charge is 2.23. The van der Waals surface area contributed by atoms with E-state index in [1.807, 2.05) is 0 Å². The van der Waals surface area contributed by atoms with Crippen molar-refractivity contribution in [3.8, 4) is 0 Å². The average Bonchev–Trinajstić information content (AvgIpc) is 2.31. The molecule has 0 N–H and O–H groups in total. The smallest absolute Gasteiger partial charge is 0.0120 e. The first-order valence-corrected chi connectivity index (χ1v) is 7.40. The number of piperidine rings is 1. The number of nitrogens with zero attached hydrogens (tertiary/aromatic N) is 2. The van der Waals surface area contributed by atoms with Crippen molar-refractivity contribution < 1.29 is 0 Å². The first kappa shape index (κ1) is 13.1. The minimum Gasteiger partial charge on any atom is -0.306 e. The summed E-state index contributed by atoms with van der Waals surface area (Å²) >= 11 is 0. The Labute approximate surface area is 107 Å². The van der Waals surface area contributed by atoms with Crippen molar-refractivity contribution in [3.63, 3.8) is 0 Å². The largest absolute Gasteiger partial charge is 0.306 e. The number of rotatable bonds is 2. The molecule has 2 aliphatic heterocycles. The molecule has 0 saturated carbocycles. The van der Waals surface area contributed by atoms with Crippen LogP contribution >= 0.6 is 0 Å². The second-order valence-corrected chi connectivity index (χ2v) is 5.68. The molecule has 0 aromatic heterocycles. The Hall–Kier alpha value is -0.340. The Kier molecular flexibility index (Phi) is 5.05. The van der Waals surface area contributed by atoms with Gasteiger partial charge in [0.05, 0.1) is 0 Å². The SMILES string of the molecule is CC/C1=C/CCCN(C2CCN(C)CC2)CC1. The molecule has 0 amide bonds. The molecule has 2 rings (SSSR count). The molecule has 0 unspecified atom stereocenters. The number of allylic oxidation sites excluding steroid dienone is 1. The zero-order valence-electron chi connectivity index (χ0n) is 11.6. The third-order valence-electron chi connectivity index (χ3n) is 4.46. The Morgan fingerprint density at radius 1 is 1.18 bits per heavy atom. The summed E-state index contributed by atoms with van der Waals surface area (Å²) in [7, 11) is 2.25. The van der Waals surface area contributed by atoms with Gasteiger partial charge in [-0.15, -0.1) is 0 Å². The number of likely N-dealkylation sites (tertiary alicyclic amines) is 1. The standard InChI is InChI=1S/C15H28N2/c1-3-14-6-4-5-10-17(13-7-14)15-8-11-16(2)12-9-15/h6,15H,3-5,7-13H2,1-2H3/b14-6-. The van der Waals surface area contributed by atoms with Crippen LogP contribution in [0.5, 0.6) is 0 Å². The van der Waals surface area contributed by atoms with E-state index in [-0.39, 0.29) is 0 Å². The van der Waals surface area contributed by atoms with Gasteiger partial charge in [-0.05, 0) is 65.2 Å². The highest BCUT2D eigenvalue weighted by Crippen LogP contribution is 2.20. The van der Waals surface area contributed by atoms with Gasteiger partial charge in [-0.25, -0.2) is 0 Å². The molecule has 98 valence electrons. The van der Waals surface area contributed by atoms with Crippen LogP contribution in [0.3, 0.4) is 0 Å². The van der Waals surface area contributed by atoms with E-state index in [9.17, 15) is 0 Å². The zero-order valence-corrected chi connectivity index (χ0v) is 11.6. The molecular formula is C15H28N2. The van der Waals surface area contributed by atoms with Gasteiger partial charge in [-0.2, -0.15) is 0 Å². The van der Waals surface area contributed by atoms with Crippen LogP contribution in [-0.4, -0.2) is 49.1 Å². The zero-order chi connectivity index (χ0) is 12.1. The van der Waals surface area contributed by atoms with Gasteiger partial charge in [0.15, 0.2) is 0 Å². The molecule has 0 atom stereocenters. The van der Waals surface area contributed by atoms with E-state index in [0.29, 0.717) is 0 Å². The summed E-state index contributed by atoms with van der Waals surface area (Å²) in [4.78, 5) is 5.24. The lowest BCUT2D eigenvalue weighted by Crippen LogP contribution is -2.44. The van der Waals surface area contributed by atoms with E-state index < -0.39 is 0 Å². The van der Waals surface area contributed by atoms with E-state index in [4.69, 9.17) is 0 Å². The highest BCUT2D eigenvalue weighted by atomic mass is 15.2. The first-order valence-electron chi connectivity index (χ1n) is 7.40. The average molecular weight is 236 g/mol. The second-order valence-electron chi connectivity index (χ2n) is 5.68. The van der Waals surface area contributed by atoms with Crippen LogP contribution < -0.4 is 0 Å². The summed E-state index contributed by atoms with van der Waals surface area (Å²) in [6, 6.07) is 0.863. The molecule has 0 aromatic carbocycles. The Balaban J connectivity index is 1.86. The van der Waals surface area contributed by atoms with Crippen LogP contribution in [0.15, 0.2) is 11.6 Å². The normalized spacial score (nSPS) is 29.4. The quantitative estimate of drug-likeness (QED) is 0.680. The minimum absolute atomic E-state index is 0.863. The van der Waals surface area contributed by atoms with E-state index in [0.717, 1.165) is 6.04 Å². The molecule has 0 bridgehead atoms. The third kappa shape index (κ3) is 3.82. The van der Waals surface area contributed by atoms with Crippen LogP contribution in [0.2, 0.25) is 0 Å². The summed E-state index contributed by atoms with van der Waals surface area (Å²) in [6.07, 6.45) is 10.5. The maximum absolute atomic E-state index is 2.77. The molecule has 1 fully saturated rings. The van der Waals surface area contributed by atoms with Crippen LogP contribution in [0.25, 0.3) is 0 Å². The summed E-state index contributed by atoms with van der Waals surface area (Å²) < 4.78 is 0. The van der Waals surface area contributed by atoms with E-state index in [2.05, 4.69) is 29.8 Å². The van der Waals surface area contributed by atoms with Crippen LogP contribution in [0, 0.1) is 0 Å². The Morgan fingerprint density at radius 3 is 2.65 bits per heavy atom. The fourth-order valence-corrected chi connectivity index (χ4v) is 3.15. The Morgan fingerprint density at radius 2 is 1.94 bits per heavy atom. The second kappa shape index (κ2) is 6.55. The summed E-state index contributed by atoms with van der Waals surface area (Å²) in [5.41, 5.74) is 1.68. The maximum Gasteiger partial charge on any atom is 0.0120 e. The lowest BCUT2D eigenvalue weighted by atomic mass is 9.99. The van der Waals surface area contributed by atoms with E-state index in [1.54, 1.807) is 5.57 Å². The van der Waals surface area contributed by atoms with E-state index in [1.165, 1.54) is 64.7 Å². The van der Waals surface area contributed by atoms with Crippen molar-refractivity contribution in [2.45, 2.75) is 51.5 Å². The van der Waals surface area contributed by atoms with Crippen molar-refractivity contribution in [2.24, 2.45) is 0 Å². The van der Waals surface area contributed by atoms with Crippen LogP contribution in [-0.2, 0) is 0 Å². The van der Waals surface area contributed by atoms with Gasteiger partial charge in [0.1, 0.15) is 0 Å². The molecule has 1 saturated heterocycles. The monoisotopic (exact) mass is 236 g/mol. The molecule has 0 aliphatic carbocycles. The third-order valence-corrected chi connectivity index (χ3v) is 4.46. The molecular weight excluding hydrogens is 208 g/mol. The van der Waals surface area contributed by atoms with Crippen LogP contribution in [0.4, 0.5) is 0 Å². The molecule has 2 heterocycles. The van der Waals surface area contributed by atoms with E-state index >= 15 is 0 Å². The number of hydrogen-bond acceptors (Lipinski definition) is 2. The molecule has 0 spiro atoms. The minimum atomic E-state index is 0.863. The summed E-state index contributed by atoms with van der Waals surface area (Å²) in [5, 5.41) is 0. The highest BCUT2D eigenvalue weighted by molar-refractivity contribution is 5.03. The maximum atomic E-state index is 2.77. The first-order chi connectivity index (χ1) is 8.29. The van der Waals surface area contributed by atoms with Crippen molar-refractivity contribution >= 4 is 0 Å². The van der Waals surface area contributed by atoms with Gasteiger partial charge in [-0.3, -0.25) is 4.90 Å². The topological polar surface area (TPSA) is 6.48 Å². The summed E-state index contributed by atoms with van der Waals surface area (Å²) in [6.45, 7) is 7.50. The van der Waals surface area contributed by atoms with Gasteiger partial charge >= 0.3 is 0 Å². The molecule has 0 aromatic rings. The fourth-order valence-electron chi connectivity index (χ4n) is 3.15. The lowest BCUT2D eigenvalue weighted by Gasteiger charge is -2.38. The predicted octanol–water partition coefficient (Wildman–Crippen LogP) is 2.90. The number of hydrogen-bond donors (Lipinski definition) is 0. The summed E-state index contributed by atoms with van der Waals surface area (Å²) in [5.74, 6) is 0. The molecule has 2 aliphatic rings. The lowest BCUT2D eigenvalue weighted by molar-refractivity contribution is 0.119. The molecule has 17 heavy (non-hydrogen) atoms. The Bertz CT molecular complexity index is 252. The van der Waals surface area contributed by atoms with Gasteiger partial charge in [0, 0.05) is 12.6 Å². The molecule has 2 nitrogen and oxygen atoms in total. The van der Waals surface area contributed by atoms with Crippen LogP contribution in [0.1, 0.15) is 45.4 Å². The van der Waals surface area contributed by atoms with Gasteiger partial charge in [0.25, 0.3) is 0 Å². The fraction of sp³-hybridized carbons (Fsp3) is 0.867.